The van der Waals surface area contributed by atoms with Gasteiger partial charge in [0.2, 0.25) is 0 Å². The van der Waals surface area contributed by atoms with Gasteiger partial charge in [0.05, 0.1) is 13.2 Å². The van der Waals surface area contributed by atoms with Crippen molar-refractivity contribution in [2.75, 3.05) is 13.8 Å². The molecule has 0 bridgehead atoms. The highest BCUT2D eigenvalue weighted by atomic mass is 19.1. The molecule has 2 aromatic rings. The Labute approximate surface area is 182 Å². The number of urea groups is 1. The number of rotatable bonds is 9. The van der Waals surface area contributed by atoms with Crippen LogP contribution >= 0.6 is 0 Å². The van der Waals surface area contributed by atoms with Crippen LogP contribution in [0.5, 0.6) is 5.75 Å². The molecule has 31 heavy (non-hydrogen) atoms. The molecule has 2 fully saturated rings. The molecule has 1 unspecified atom stereocenters. The number of nitrogens with zero attached hydrogens (tertiary/aromatic N) is 1. The van der Waals surface area contributed by atoms with Crippen LogP contribution in [0.3, 0.4) is 0 Å². The van der Waals surface area contributed by atoms with E-state index in [0.29, 0.717) is 32.1 Å². The van der Waals surface area contributed by atoms with Crippen molar-refractivity contribution in [1.82, 2.24) is 10.2 Å². The number of hydrogen-bond acceptors (Lipinski definition) is 3. The predicted molar refractivity (Wildman–Crippen MR) is 114 cm³/mol. The fraction of sp³-hybridized carbons (Fsp3) is 0.417. The average molecular weight is 427 g/mol. The van der Waals surface area contributed by atoms with Gasteiger partial charge >= 0.3 is 6.03 Å². The van der Waals surface area contributed by atoms with Crippen LogP contribution in [-0.4, -0.2) is 42.2 Å². The van der Waals surface area contributed by atoms with E-state index in [4.69, 9.17) is 4.74 Å². The molecule has 1 saturated carbocycles. The van der Waals surface area contributed by atoms with E-state index >= 15 is 0 Å². The second-order valence-electron chi connectivity index (χ2n) is 8.74. The molecule has 2 atom stereocenters. The van der Waals surface area contributed by atoms with Crippen LogP contribution in [0, 0.1) is 5.82 Å². The van der Waals surface area contributed by atoms with Crippen LogP contribution in [0.1, 0.15) is 37.3 Å². The molecule has 7 heteroatoms. The number of carbonyl (C=O) groups excluding carboxylic acids is 2. The van der Waals surface area contributed by atoms with Crippen molar-refractivity contribution < 1.29 is 23.6 Å². The van der Waals surface area contributed by atoms with Gasteiger partial charge in [-0.15, -0.1) is 0 Å². The number of hydrogen-bond donors (Lipinski definition) is 2. The topological polar surface area (TPSA) is 63.1 Å². The van der Waals surface area contributed by atoms with Crippen molar-refractivity contribution in [2.45, 2.75) is 50.7 Å². The summed E-state index contributed by atoms with van der Waals surface area (Å²) >= 11 is 0. The summed E-state index contributed by atoms with van der Waals surface area (Å²) in [5.41, 5.74) is 1.17. The van der Waals surface area contributed by atoms with Crippen LogP contribution in [0.4, 0.5) is 9.18 Å². The number of carbonyl (C=O) groups is 2. The molecule has 0 radical (unpaired) electrons. The smallest absolute Gasteiger partial charge is 0.329 e. The van der Waals surface area contributed by atoms with Gasteiger partial charge in [-0.05, 0) is 49.6 Å². The molecule has 0 aromatic heterocycles. The lowest BCUT2D eigenvalue weighted by atomic mass is 9.93. The van der Waals surface area contributed by atoms with Gasteiger partial charge in [-0.1, -0.05) is 24.3 Å². The Bertz CT molecular complexity index is 944. The van der Waals surface area contributed by atoms with Crippen LogP contribution < -0.4 is 15.0 Å². The minimum absolute atomic E-state index is 0.178. The van der Waals surface area contributed by atoms with Crippen LogP contribution in [0.25, 0.3) is 0 Å². The fourth-order valence-electron chi connectivity index (χ4n) is 4.14. The van der Waals surface area contributed by atoms with Gasteiger partial charge in [0.15, 0.2) is 6.67 Å². The van der Waals surface area contributed by atoms with E-state index in [2.05, 4.69) is 5.32 Å². The minimum atomic E-state index is -0.915. The summed E-state index contributed by atoms with van der Waals surface area (Å²) in [4.78, 5) is 28.4. The van der Waals surface area contributed by atoms with Crippen molar-refractivity contribution in [3.63, 3.8) is 0 Å². The Morgan fingerprint density at radius 3 is 2.35 bits per heavy atom. The maximum Gasteiger partial charge on any atom is 0.329 e. The van der Waals surface area contributed by atoms with E-state index in [-0.39, 0.29) is 17.8 Å². The zero-order chi connectivity index (χ0) is 22.0. The highest BCUT2D eigenvalue weighted by molar-refractivity contribution is 6.06. The number of halogens is 1. The molecule has 164 valence electrons. The molecule has 1 aliphatic heterocycles. The molecule has 6 nitrogen and oxygen atoms in total. The predicted octanol–water partition coefficient (Wildman–Crippen LogP) is 2.28. The molecule has 2 N–H and O–H groups in total. The number of amides is 3. The summed E-state index contributed by atoms with van der Waals surface area (Å²) in [7, 11) is 1.63. The monoisotopic (exact) mass is 426 g/mol. The first kappa shape index (κ1) is 21.3. The normalized spacial score (nSPS) is 21.8. The number of nitrogens with one attached hydrogen (secondary N) is 2. The molecule has 3 amide bonds. The maximum absolute atomic E-state index is 13.2. The van der Waals surface area contributed by atoms with Gasteiger partial charge in [-0.3, -0.25) is 4.79 Å². The minimum Gasteiger partial charge on any atom is -0.497 e. The number of imide groups is 1. The van der Waals surface area contributed by atoms with Gasteiger partial charge in [0.25, 0.3) is 5.91 Å². The number of benzene rings is 2. The summed E-state index contributed by atoms with van der Waals surface area (Å²) < 4.78 is 18.4. The molecular formula is C24H29FN3O3+. The number of quaternary nitrogens is 1. The quantitative estimate of drug-likeness (QED) is 0.605. The maximum atomic E-state index is 13.2. The second kappa shape index (κ2) is 8.67. The van der Waals surface area contributed by atoms with Gasteiger partial charge in [0, 0.05) is 18.4 Å². The first-order chi connectivity index (χ1) is 14.9. The summed E-state index contributed by atoms with van der Waals surface area (Å²) in [6, 6.07) is 14.3. The fourth-order valence-corrected chi connectivity index (χ4v) is 4.14. The third-order valence-electron chi connectivity index (χ3n) is 6.28. The lowest BCUT2D eigenvalue weighted by Gasteiger charge is -2.25. The Morgan fingerprint density at radius 2 is 1.74 bits per heavy atom. The average Bonchev–Trinajstić information content (AvgIpc) is 3.59. The summed E-state index contributed by atoms with van der Waals surface area (Å²) in [6.45, 7) is 2.78. The summed E-state index contributed by atoms with van der Waals surface area (Å²) in [6.07, 6.45) is 3.36. The van der Waals surface area contributed by atoms with Gasteiger partial charge in [-0.25, -0.2) is 14.1 Å². The SMILES string of the molecule is COc1ccc(CC[C@]2(C)NC(=O)N(C[NH+](Cc3ccc(F)cc3)C3CC3)C2=O)cc1. The Balaban J connectivity index is 1.40. The highest BCUT2D eigenvalue weighted by Gasteiger charge is 2.49. The molecule has 1 saturated heterocycles. The molecule has 0 spiro atoms. The van der Waals surface area contributed by atoms with Gasteiger partial charge in [0.1, 0.15) is 23.7 Å². The zero-order valence-corrected chi connectivity index (χ0v) is 18.0. The summed E-state index contributed by atoms with van der Waals surface area (Å²) in [5, 5.41) is 2.91. The third kappa shape index (κ3) is 4.88. The highest BCUT2D eigenvalue weighted by Crippen LogP contribution is 2.24. The number of methoxy groups -OCH3 is 1. The number of ether oxygens (including phenoxy) is 1. The van der Waals surface area contributed by atoms with Crippen molar-refractivity contribution in [2.24, 2.45) is 0 Å². The second-order valence-corrected chi connectivity index (χ2v) is 8.74. The molecule has 1 aliphatic carbocycles. The van der Waals surface area contributed by atoms with Crippen LogP contribution in [0.15, 0.2) is 48.5 Å². The Hall–Kier alpha value is -2.93. The van der Waals surface area contributed by atoms with Crippen molar-refractivity contribution in [1.29, 1.82) is 0 Å². The standard InChI is InChI=1S/C24H28FN3O3/c1-24(14-13-17-5-11-21(31-2)12-6-17)22(29)28(23(30)26-24)16-27(20-9-10-20)15-18-3-7-19(25)8-4-18/h3-8,11-12,20H,9-10,13-16H2,1-2H3,(H,26,30)/p+1/t24-/m0/s1. The molecule has 4 rings (SSSR count). The van der Waals surface area contributed by atoms with E-state index in [0.717, 1.165) is 34.6 Å². The van der Waals surface area contributed by atoms with E-state index in [9.17, 15) is 14.0 Å². The number of aryl methyl sites for hydroxylation is 1. The lowest BCUT2D eigenvalue weighted by Crippen LogP contribution is -3.13. The molecular weight excluding hydrogens is 397 g/mol. The van der Waals surface area contributed by atoms with E-state index < -0.39 is 5.54 Å². The first-order valence-electron chi connectivity index (χ1n) is 10.7. The molecule has 2 aromatic carbocycles. The van der Waals surface area contributed by atoms with Gasteiger partial charge in [-0.2, -0.15) is 0 Å². The van der Waals surface area contributed by atoms with E-state index in [1.54, 1.807) is 26.2 Å². The first-order valence-corrected chi connectivity index (χ1v) is 10.7. The van der Waals surface area contributed by atoms with E-state index in [1.165, 1.54) is 17.0 Å². The summed E-state index contributed by atoms with van der Waals surface area (Å²) in [5.74, 6) is 0.345. The Kier molecular flexibility index (Phi) is 5.96. The van der Waals surface area contributed by atoms with Crippen molar-refractivity contribution in [3.05, 3.63) is 65.5 Å². The van der Waals surface area contributed by atoms with Crippen molar-refractivity contribution >= 4 is 11.9 Å². The van der Waals surface area contributed by atoms with Crippen LogP contribution in [0.2, 0.25) is 0 Å². The van der Waals surface area contributed by atoms with Gasteiger partial charge < -0.3 is 15.0 Å². The van der Waals surface area contributed by atoms with E-state index in [1.807, 2.05) is 24.3 Å². The third-order valence-corrected chi connectivity index (χ3v) is 6.28. The lowest BCUT2D eigenvalue weighted by molar-refractivity contribution is -0.931. The molecule has 1 heterocycles. The Morgan fingerprint density at radius 1 is 1.10 bits per heavy atom. The zero-order valence-electron chi connectivity index (χ0n) is 18.0. The van der Waals surface area contributed by atoms with Crippen LogP contribution in [-0.2, 0) is 17.8 Å². The largest absolute Gasteiger partial charge is 0.497 e. The van der Waals surface area contributed by atoms with Crippen molar-refractivity contribution in [3.8, 4) is 5.75 Å². The molecule has 2 aliphatic rings.